The SMILES string of the molecule is O=S(=O)(c1cc[nH]c1)N(CCO)C1CC1. The molecule has 1 heterocycles. The van der Waals surface area contributed by atoms with Crippen molar-refractivity contribution in [3.05, 3.63) is 18.5 Å². The zero-order valence-corrected chi connectivity index (χ0v) is 9.07. The molecule has 15 heavy (non-hydrogen) atoms. The van der Waals surface area contributed by atoms with E-state index in [0.717, 1.165) is 12.8 Å². The van der Waals surface area contributed by atoms with E-state index in [4.69, 9.17) is 5.11 Å². The van der Waals surface area contributed by atoms with Crippen molar-refractivity contribution >= 4 is 10.0 Å². The minimum atomic E-state index is -3.41. The Morgan fingerprint density at radius 3 is 2.73 bits per heavy atom. The molecule has 6 heteroatoms. The Morgan fingerprint density at radius 1 is 1.53 bits per heavy atom. The third-order valence-corrected chi connectivity index (χ3v) is 4.40. The quantitative estimate of drug-likeness (QED) is 0.756. The number of rotatable bonds is 5. The molecule has 5 nitrogen and oxygen atoms in total. The fourth-order valence-corrected chi connectivity index (χ4v) is 3.22. The maximum atomic E-state index is 12.1. The van der Waals surface area contributed by atoms with Gasteiger partial charge < -0.3 is 10.1 Å². The molecule has 84 valence electrons. The number of aliphatic hydroxyl groups excluding tert-OH is 1. The van der Waals surface area contributed by atoms with Crippen LogP contribution in [0.1, 0.15) is 12.8 Å². The standard InChI is InChI=1S/C9H14N2O3S/c12-6-5-11(8-1-2-8)15(13,14)9-3-4-10-7-9/h3-4,7-8,10,12H,1-2,5-6H2. The molecule has 0 bridgehead atoms. The van der Waals surface area contributed by atoms with E-state index in [1.165, 1.54) is 16.6 Å². The van der Waals surface area contributed by atoms with Gasteiger partial charge in [0.1, 0.15) is 0 Å². The van der Waals surface area contributed by atoms with E-state index in [2.05, 4.69) is 4.98 Å². The number of aliphatic hydroxyl groups is 1. The Morgan fingerprint density at radius 2 is 2.27 bits per heavy atom. The van der Waals surface area contributed by atoms with Gasteiger partial charge in [-0.15, -0.1) is 0 Å². The number of sulfonamides is 1. The van der Waals surface area contributed by atoms with Crippen LogP contribution in [0.5, 0.6) is 0 Å². The maximum Gasteiger partial charge on any atom is 0.244 e. The third kappa shape index (κ3) is 2.06. The van der Waals surface area contributed by atoms with Gasteiger partial charge in [-0.2, -0.15) is 4.31 Å². The van der Waals surface area contributed by atoms with E-state index in [1.807, 2.05) is 0 Å². The average Bonchev–Trinajstić information content (AvgIpc) is 2.86. The van der Waals surface area contributed by atoms with Crippen molar-refractivity contribution < 1.29 is 13.5 Å². The van der Waals surface area contributed by atoms with Crippen molar-refractivity contribution in [1.29, 1.82) is 0 Å². The van der Waals surface area contributed by atoms with Gasteiger partial charge in [-0.25, -0.2) is 8.42 Å². The minimum Gasteiger partial charge on any atom is -0.395 e. The van der Waals surface area contributed by atoms with Gasteiger partial charge in [0.15, 0.2) is 0 Å². The predicted octanol–water partition coefficient (Wildman–Crippen LogP) is 0.160. The Labute approximate surface area is 88.8 Å². The first kappa shape index (κ1) is 10.7. The Hall–Kier alpha value is -0.850. The Kier molecular flexibility index (Phi) is 2.81. The highest BCUT2D eigenvalue weighted by atomic mass is 32.2. The van der Waals surface area contributed by atoms with Crippen LogP contribution in [0.15, 0.2) is 23.4 Å². The van der Waals surface area contributed by atoms with Gasteiger partial charge in [0.2, 0.25) is 10.0 Å². The maximum absolute atomic E-state index is 12.1. The van der Waals surface area contributed by atoms with Crippen molar-refractivity contribution in [3.8, 4) is 0 Å². The Balaban J connectivity index is 2.26. The summed E-state index contributed by atoms with van der Waals surface area (Å²) in [5, 5.41) is 8.86. The van der Waals surface area contributed by atoms with Crippen molar-refractivity contribution in [2.75, 3.05) is 13.2 Å². The third-order valence-electron chi connectivity index (χ3n) is 2.45. The molecule has 0 atom stereocenters. The second-order valence-electron chi connectivity index (χ2n) is 3.62. The summed E-state index contributed by atoms with van der Waals surface area (Å²) in [5.74, 6) is 0. The molecule has 1 saturated carbocycles. The van der Waals surface area contributed by atoms with Gasteiger partial charge in [-0.1, -0.05) is 0 Å². The number of nitrogens with one attached hydrogen (secondary N) is 1. The van der Waals surface area contributed by atoms with Crippen LogP contribution in [-0.2, 0) is 10.0 Å². The first-order chi connectivity index (χ1) is 7.16. The van der Waals surface area contributed by atoms with Crippen LogP contribution in [0.25, 0.3) is 0 Å². The molecule has 1 aliphatic rings. The number of aromatic nitrogens is 1. The van der Waals surface area contributed by atoms with E-state index < -0.39 is 10.0 Å². The summed E-state index contributed by atoms with van der Waals surface area (Å²) in [6.07, 6.45) is 4.83. The van der Waals surface area contributed by atoms with Crippen LogP contribution in [0.3, 0.4) is 0 Å². The Bertz CT molecular complexity index is 409. The zero-order chi connectivity index (χ0) is 10.9. The lowest BCUT2D eigenvalue weighted by atomic mass is 10.6. The molecule has 1 aromatic heterocycles. The summed E-state index contributed by atoms with van der Waals surface area (Å²) in [7, 11) is -3.41. The molecule has 0 unspecified atom stereocenters. The molecule has 0 spiro atoms. The molecule has 0 aromatic carbocycles. The van der Waals surface area contributed by atoms with Crippen molar-refractivity contribution in [3.63, 3.8) is 0 Å². The van der Waals surface area contributed by atoms with Crippen LogP contribution in [0, 0.1) is 0 Å². The van der Waals surface area contributed by atoms with Crippen LogP contribution < -0.4 is 0 Å². The largest absolute Gasteiger partial charge is 0.395 e. The highest BCUT2D eigenvalue weighted by Crippen LogP contribution is 2.31. The molecule has 1 aromatic rings. The highest BCUT2D eigenvalue weighted by molar-refractivity contribution is 7.89. The number of aromatic amines is 1. The molecule has 0 aliphatic heterocycles. The number of H-pyrrole nitrogens is 1. The van der Waals surface area contributed by atoms with Crippen LogP contribution in [0.2, 0.25) is 0 Å². The van der Waals surface area contributed by atoms with Crippen LogP contribution >= 0.6 is 0 Å². The van der Waals surface area contributed by atoms with E-state index in [1.54, 1.807) is 6.20 Å². The first-order valence-electron chi connectivity index (χ1n) is 4.92. The highest BCUT2D eigenvalue weighted by Gasteiger charge is 2.37. The number of hydrogen-bond acceptors (Lipinski definition) is 3. The first-order valence-corrected chi connectivity index (χ1v) is 6.36. The van der Waals surface area contributed by atoms with Gasteiger partial charge in [-0.05, 0) is 18.9 Å². The second-order valence-corrected chi connectivity index (χ2v) is 5.51. The summed E-state index contributed by atoms with van der Waals surface area (Å²) in [6, 6.07) is 1.61. The van der Waals surface area contributed by atoms with Crippen LogP contribution in [-0.4, -0.2) is 42.0 Å². The van der Waals surface area contributed by atoms with Gasteiger partial charge >= 0.3 is 0 Å². The molecule has 2 N–H and O–H groups in total. The smallest absolute Gasteiger partial charge is 0.244 e. The fourth-order valence-electron chi connectivity index (χ4n) is 1.56. The summed E-state index contributed by atoms with van der Waals surface area (Å²) in [5.41, 5.74) is 0. The molecular weight excluding hydrogens is 216 g/mol. The fraction of sp³-hybridized carbons (Fsp3) is 0.556. The summed E-state index contributed by atoms with van der Waals surface area (Å²) in [4.78, 5) is 2.99. The van der Waals surface area contributed by atoms with Gasteiger partial charge in [0.25, 0.3) is 0 Å². The summed E-state index contributed by atoms with van der Waals surface area (Å²) < 4.78 is 25.5. The van der Waals surface area contributed by atoms with E-state index in [-0.39, 0.29) is 24.1 Å². The topological polar surface area (TPSA) is 73.4 Å². The van der Waals surface area contributed by atoms with Gasteiger partial charge in [-0.3, -0.25) is 0 Å². The van der Waals surface area contributed by atoms with Crippen LogP contribution in [0.4, 0.5) is 0 Å². The van der Waals surface area contributed by atoms with Crippen molar-refractivity contribution in [1.82, 2.24) is 9.29 Å². The lowest BCUT2D eigenvalue weighted by Gasteiger charge is -2.19. The lowest BCUT2D eigenvalue weighted by Crippen LogP contribution is -2.35. The van der Waals surface area contributed by atoms with E-state index >= 15 is 0 Å². The normalized spacial score (nSPS) is 17.2. The van der Waals surface area contributed by atoms with E-state index in [9.17, 15) is 8.42 Å². The monoisotopic (exact) mass is 230 g/mol. The number of nitrogens with zero attached hydrogens (tertiary/aromatic N) is 1. The molecule has 1 aliphatic carbocycles. The summed E-state index contributed by atoms with van der Waals surface area (Å²) >= 11 is 0. The van der Waals surface area contributed by atoms with Crippen molar-refractivity contribution in [2.24, 2.45) is 0 Å². The summed E-state index contributed by atoms with van der Waals surface area (Å²) in [6.45, 7) is 0.0400. The van der Waals surface area contributed by atoms with E-state index in [0.29, 0.717) is 0 Å². The van der Waals surface area contributed by atoms with Crippen molar-refractivity contribution in [2.45, 2.75) is 23.8 Å². The molecule has 0 radical (unpaired) electrons. The average molecular weight is 230 g/mol. The van der Waals surface area contributed by atoms with Gasteiger partial charge in [0.05, 0.1) is 11.5 Å². The minimum absolute atomic E-state index is 0.0806. The predicted molar refractivity (Wildman–Crippen MR) is 54.8 cm³/mol. The molecule has 0 saturated heterocycles. The lowest BCUT2D eigenvalue weighted by molar-refractivity contribution is 0.250. The van der Waals surface area contributed by atoms with Gasteiger partial charge in [0, 0.05) is 25.0 Å². The second kappa shape index (κ2) is 3.96. The zero-order valence-electron chi connectivity index (χ0n) is 8.26. The molecule has 1 fully saturated rings. The molecular formula is C9H14N2O3S. The molecule has 2 rings (SSSR count). The number of hydrogen-bond donors (Lipinski definition) is 2. The molecule has 0 amide bonds.